The molecule has 0 aromatic heterocycles. The van der Waals surface area contributed by atoms with Gasteiger partial charge in [-0.15, -0.1) is 6.42 Å². The molecule has 1 unspecified atom stereocenters. The van der Waals surface area contributed by atoms with Crippen molar-refractivity contribution in [2.24, 2.45) is 5.73 Å². The average molecular weight is 368 g/mol. The molecule has 0 amide bonds. The normalized spacial score (nSPS) is 16.1. The molecule has 2 N–H and O–H groups in total. The Bertz CT molecular complexity index is 887. The minimum Gasteiger partial charge on any atom is -0.493 e. The van der Waals surface area contributed by atoms with Gasteiger partial charge in [0.15, 0.2) is 11.5 Å². The van der Waals surface area contributed by atoms with Crippen molar-refractivity contribution in [3.8, 4) is 29.9 Å². The van der Waals surface area contributed by atoms with Crippen LogP contribution in [0.3, 0.4) is 0 Å². The van der Waals surface area contributed by atoms with Crippen molar-refractivity contribution >= 4 is 5.97 Å². The Morgan fingerprint density at radius 2 is 2.15 bits per heavy atom. The zero-order chi connectivity index (χ0) is 20.0. The van der Waals surface area contributed by atoms with Crippen molar-refractivity contribution in [1.82, 2.24) is 0 Å². The molecule has 140 valence electrons. The van der Waals surface area contributed by atoms with Crippen LogP contribution < -0.4 is 15.2 Å². The van der Waals surface area contributed by atoms with E-state index in [9.17, 15) is 10.1 Å². The maximum Gasteiger partial charge on any atom is 0.338 e. The number of carbonyl (C=O) groups is 1. The molecular formula is C20H20N2O5. The number of hydrogen-bond acceptors (Lipinski definition) is 7. The van der Waals surface area contributed by atoms with E-state index < -0.39 is 11.9 Å². The van der Waals surface area contributed by atoms with E-state index in [1.54, 1.807) is 32.0 Å². The molecule has 0 saturated carbocycles. The molecule has 0 bridgehead atoms. The molecule has 1 atom stereocenters. The lowest BCUT2D eigenvalue weighted by Crippen LogP contribution is -2.25. The predicted octanol–water partition coefficient (Wildman–Crippen LogP) is 2.35. The van der Waals surface area contributed by atoms with Gasteiger partial charge in [-0.05, 0) is 31.5 Å². The summed E-state index contributed by atoms with van der Waals surface area (Å²) in [6.07, 6.45) is 5.22. The molecule has 0 fully saturated rings. The summed E-state index contributed by atoms with van der Waals surface area (Å²) in [4.78, 5) is 12.5. The molecule has 1 aliphatic rings. The molecule has 27 heavy (non-hydrogen) atoms. The quantitative estimate of drug-likeness (QED) is 0.607. The molecule has 0 saturated heterocycles. The van der Waals surface area contributed by atoms with Gasteiger partial charge >= 0.3 is 5.97 Å². The maximum absolute atomic E-state index is 12.5. The second kappa shape index (κ2) is 8.68. The van der Waals surface area contributed by atoms with Gasteiger partial charge in [-0.3, -0.25) is 0 Å². The summed E-state index contributed by atoms with van der Waals surface area (Å²) >= 11 is 0. The highest BCUT2D eigenvalue weighted by molar-refractivity contribution is 5.92. The van der Waals surface area contributed by atoms with Gasteiger partial charge in [0, 0.05) is 0 Å². The van der Waals surface area contributed by atoms with Crippen molar-refractivity contribution in [2.45, 2.75) is 19.8 Å². The molecule has 1 aromatic rings. The van der Waals surface area contributed by atoms with E-state index in [0.29, 0.717) is 17.1 Å². The minimum absolute atomic E-state index is 0.0559. The number of methoxy groups -OCH3 is 1. The van der Waals surface area contributed by atoms with E-state index in [4.69, 9.17) is 31.1 Å². The van der Waals surface area contributed by atoms with Gasteiger partial charge in [-0.2, -0.15) is 5.26 Å². The van der Waals surface area contributed by atoms with Gasteiger partial charge in [0.2, 0.25) is 5.88 Å². The summed E-state index contributed by atoms with van der Waals surface area (Å²) in [5.41, 5.74) is 6.81. The number of nitriles is 1. The van der Waals surface area contributed by atoms with Crippen LogP contribution >= 0.6 is 0 Å². The Labute approximate surface area is 158 Å². The Morgan fingerprint density at radius 3 is 2.74 bits per heavy atom. The maximum atomic E-state index is 12.5. The van der Waals surface area contributed by atoms with Crippen LogP contribution in [0.25, 0.3) is 0 Å². The molecule has 2 rings (SSSR count). The van der Waals surface area contributed by atoms with Gasteiger partial charge in [-0.1, -0.05) is 12.0 Å². The SMILES string of the molecule is C#CCOc1ccc(C2C(C#N)=C(N)OC(C)=C2C(=O)OCC)cc1OC. The average Bonchev–Trinajstić information content (AvgIpc) is 2.65. The van der Waals surface area contributed by atoms with Crippen molar-refractivity contribution in [2.75, 3.05) is 20.3 Å². The number of rotatable bonds is 6. The Morgan fingerprint density at radius 1 is 1.41 bits per heavy atom. The standard InChI is InChI=1S/C20H20N2O5/c1-5-9-26-15-8-7-13(10-16(15)24-4)18-14(11-21)19(22)27-12(3)17(18)20(23)25-6-2/h1,7-8,10,18H,6,9,22H2,2-4H3. The van der Waals surface area contributed by atoms with Crippen LogP contribution in [0.1, 0.15) is 25.3 Å². The summed E-state index contributed by atoms with van der Waals surface area (Å²) in [6, 6.07) is 7.06. The highest BCUT2D eigenvalue weighted by atomic mass is 16.5. The number of allylic oxidation sites excluding steroid dienone is 2. The molecule has 7 heteroatoms. The topological polar surface area (TPSA) is 104 Å². The summed E-state index contributed by atoms with van der Waals surface area (Å²) in [5, 5.41) is 9.59. The second-order valence-electron chi connectivity index (χ2n) is 5.52. The fourth-order valence-electron chi connectivity index (χ4n) is 2.79. The molecule has 1 aliphatic heterocycles. The molecule has 0 aliphatic carbocycles. The molecule has 0 spiro atoms. The third-order valence-corrected chi connectivity index (χ3v) is 3.93. The van der Waals surface area contributed by atoms with E-state index in [1.165, 1.54) is 7.11 Å². The van der Waals surface area contributed by atoms with Crippen molar-refractivity contribution in [3.63, 3.8) is 0 Å². The first-order chi connectivity index (χ1) is 13.0. The fourth-order valence-corrected chi connectivity index (χ4v) is 2.79. The van der Waals surface area contributed by atoms with Gasteiger partial charge in [-0.25, -0.2) is 4.79 Å². The third-order valence-electron chi connectivity index (χ3n) is 3.93. The van der Waals surface area contributed by atoms with E-state index in [1.807, 2.05) is 6.07 Å². The van der Waals surface area contributed by atoms with E-state index in [2.05, 4.69) is 5.92 Å². The van der Waals surface area contributed by atoms with Crippen LogP contribution in [0.4, 0.5) is 0 Å². The smallest absolute Gasteiger partial charge is 0.338 e. The first-order valence-corrected chi connectivity index (χ1v) is 8.18. The van der Waals surface area contributed by atoms with Gasteiger partial charge in [0.05, 0.1) is 25.2 Å². The van der Waals surface area contributed by atoms with Crippen LogP contribution in [0, 0.1) is 23.7 Å². The monoisotopic (exact) mass is 368 g/mol. The number of benzene rings is 1. The summed E-state index contributed by atoms with van der Waals surface area (Å²) in [7, 11) is 1.48. The van der Waals surface area contributed by atoms with Gasteiger partial charge < -0.3 is 24.7 Å². The molecular weight excluding hydrogens is 348 g/mol. The Hall–Kier alpha value is -3.58. The zero-order valence-corrected chi connectivity index (χ0v) is 15.4. The van der Waals surface area contributed by atoms with Crippen LogP contribution in [0.2, 0.25) is 0 Å². The largest absolute Gasteiger partial charge is 0.493 e. The summed E-state index contributed by atoms with van der Waals surface area (Å²) in [6.45, 7) is 3.56. The number of nitrogens with two attached hydrogens (primary N) is 1. The highest BCUT2D eigenvalue weighted by Crippen LogP contribution is 2.42. The van der Waals surface area contributed by atoms with Crippen molar-refractivity contribution in [1.29, 1.82) is 5.26 Å². The molecule has 7 nitrogen and oxygen atoms in total. The number of hydrogen-bond donors (Lipinski definition) is 1. The fraction of sp³-hybridized carbons (Fsp3) is 0.300. The van der Waals surface area contributed by atoms with Gasteiger partial charge in [0.1, 0.15) is 24.0 Å². The number of esters is 1. The number of carbonyl (C=O) groups excluding carboxylic acids is 1. The minimum atomic E-state index is -0.751. The van der Waals surface area contributed by atoms with Gasteiger partial charge in [0.25, 0.3) is 0 Å². The summed E-state index contributed by atoms with van der Waals surface area (Å²) in [5.74, 6) is 2.13. The van der Waals surface area contributed by atoms with Crippen LogP contribution in [-0.2, 0) is 14.3 Å². The highest BCUT2D eigenvalue weighted by Gasteiger charge is 2.36. The Balaban J connectivity index is 2.59. The van der Waals surface area contributed by atoms with Crippen LogP contribution in [-0.4, -0.2) is 26.3 Å². The van der Waals surface area contributed by atoms with Crippen molar-refractivity contribution in [3.05, 3.63) is 46.6 Å². The van der Waals surface area contributed by atoms with E-state index in [0.717, 1.165) is 0 Å². The van der Waals surface area contributed by atoms with Crippen molar-refractivity contribution < 1.29 is 23.7 Å². The van der Waals surface area contributed by atoms with E-state index in [-0.39, 0.29) is 36.0 Å². The number of ether oxygens (including phenoxy) is 4. The van der Waals surface area contributed by atoms with Crippen LogP contribution in [0.5, 0.6) is 11.5 Å². The lowest BCUT2D eigenvalue weighted by Gasteiger charge is -2.27. The number of terminal acetylenes is 1. The lowest BCUT2D eigenvalue weighted by atomic mass is 9.83. The van der Waals surface area contributed by atoms with Crippen LogP contribution in [0.15, 0.2) is 41.0 Å². The zero-order valence-electron chi connectivity index (χ0n) is 15.4. The number of nitrogens with zero attached hydrogens (tertiary/aromatic N) is 1. The first kappa shape index (κ1) is 19.7. The molecule has 1 aromatic carbocycles. The predicted molar refractivity (Wildman–Crippen MR) is 97.3 cm³/mol. The third kappa shape index (κ3) is 3.99. The Kier molecular flexibility index (Phi) is 6.35. The lowest BCUT2D eigenvalue weighted by molar-refractivity contribution is -0.139. The first-order valence-electron chi connectivity index (χ1n) is 8.18. The van der Waals surface area contributed by atoms with E-state index >= 15 is 0 Å². The summed E-state index contributed by atoms with van der Waals surface area (Å²) < 4.78 is 21.3. The second-order valence-corrected chi connectivity index (χ2v) is 5.52. The molecule has 0 radical (unpaired) electrons. The molecule has 1 heterocycles.